The van der Waals surface area contributed by atoms with Crippen LogP contribution >= 0.6 is 0 Å². The maximum atomic E-state index is 9.00. The third kappa shape index (κ3) is 7.91. The van der Waals surface area contributed by atoms with Crippen molar-refractivity contribution >= 4 is 11.9 Å². The van der Waals surface area contributed by atoms with Crippen molar-refractivity contribution < 1.29 is 53.9 Å². The number of rotatable bonds is 0. The Bertz CT molecular complexity index is 445. The zero-order valence-electron chi connectivity index (χ0n) is 14.7. The van der Waals surface area contributed by atoms with Crippen LogP contribution in [0.25, 0.3) is 0 Å². The molecule has 0 aromatic carbocycles. The van der Waals surface area contributed by atoms with Gasteiger partial charge in [0.25, 0.3) is 11.9 Å². The van der Waals surface area contributed by atoms with Crippen LogP contribution in [0.5, 0.6) is 0 Å². The molecule has 3 rings (SSSR count). The Morgan fingerprint density at radius 1 is 0.958 bits per heavy atom. The molecule has 1 unspecified atom stereocenters. The summed E-state index contributed by atoms with van der Waals surface area (Å²) in [6, 6.07) is 0. The van der Waals surface area contributed by atoms with Crippen LogP contribution in [-0.2, 0) is 31.3 Å². The molecule has 4 nitrogen and oxygen atoms in total. The van der Waals surface area contributed by atoms with Crippen LogP contribution in [0, 0.1) is 12.3 Å². The Balaban J connectivity index is 0. The minimum Gasteiger partial charge on any atom is -1.00 e. The molecule has 0 aromatic rings. The molecule has 0 fully saturated rings. The average Bonchev–Trinajstić information content (AvgIpc) is 2.73. The summed E-state index contributed by atoms with van der Waals surface area (Å²) in [6.45, 7) is 4.59. The Hall–Kier alpha value is -0.706. The van der Waals surface area contributed by atoms with Crippen molar-refractivity contribution in [2.24, 2.45) is 5.92 Å². The number of halogens is 1. The first-order valence-corrected chi connectivity index (χ1v) is 8.02. The molecule has 24 heavy (non-hydrogen) atoms. The quantitative estimate of drug-likeness (QED) is 0.484. The second-order valence-electron chi connectivity index (χ2n) is 6.00. The van der Waals surface area contributed by atoms with Gasteiger partial charge in [0.1, 0.15) is 0 Å². The van der Waals surface area contributed by atoms with Crippen molar-refractivity contribution in [3.63, 3.8) is 0 Å². The second-order valence-corrected chi connectivity index (χ2v) is 6.00. The number of fused-ring (bicyclic) bond motifs is 1. The Labute approximate surface area is 166 Å². The Morgan fingerprint density at radius 2 is 1.42 bits per heavy atom. The van der Waals surface area contributed by atoms with E-state index in [0.717, 1.165) is 19.8 Å². The molecule has 0 aromatic heterocycles. The minimum absolute atomic E-state index is 0. The van der Waals surface area contributed by atoms with E-state index in [1.807, 2.05) is 0 Å². The summed E-state index contributed by atoms with van der Waals surface area (Å²) in [6.07, 6.45) is 12.2. The number of carboxylic acid groups (broad SMARTS) is 2. The molecular formula is C18H27ClO4Ti-2. The smallest absolute Gasteiger partial charge is 0.300 e. The molecule has 0 spiro atoms. The van der Waals surface area contributed by atoms with Crippen LogP contribution in [0.1, 0.15) is 65.7 Å². The zero-order chi connectivity index (χ0) is 16.7. The van der Waals surface area contributed by atoms with E-state index in [1.54, 1.807) is 22.3 Å². The summed E-state index contributed by atoms with van der Waals surface area (Å²) >= 11 is 0. The van der Waals surface area contributed by atoms with E-state index < -0.39 is 11.9 Å². The summed E-state index contributed by atoms with van der Waals surface area (Å²) in [5, 5.41) is 14.8. The van der Waals surface area contributed by atoms with E-state index in [2.05, 4.69) is 13.3 Å². The molecule has 3 aliphatic rings. The number of hydrogen-bond donors (Lipinski definition) is 2. The first kappa shape index (κ1) is 25.5. The summed E-state index contributed by atoms with van der Waals surface area (Å²) in [7, 11) is 0. The van der Waals surface area contributed by atoms with E-state index in [-0.39, 0.29) is 34.1 Å². The number of aliphatic carboxylic acids is 2. The molecule has 0 aliphatic heterocycles. The molecule has 0 saturated carbocycles. The van der Waals surface area contributed by atoms with Gasteiger partial charge in [-0.1, -0.05) is 31.8 Å². The normalized spacial score (nSPS) is 20.4. The van der Waals surface area contributed by atoms with Crippen molar-refractivity contribution in [2.75, 3.05) is 0 Å². The van der Waals surface area contributed by atoms with Crippen LogP contribution in [0.3, 0.4) is 0 Å². The van der Waals surface area contributed by atoms with Crippen molar-refractivity contribution in [3.8, 4) is 0 Å². The van der Waals surface area contributed by atoms with E-state index >= 15 is 0 Å². The first-order valence-electron chi connectivity index (χ1n) is 8.02. The van der Waals surface area contributed by atoms with Gasteiger partial charge in [-0.3, -0.25) is 9.59 Å². The molecule has 1 atom stereocenters. The monoisotopic (exact) mass is 390 g/mol. The largest absolute Gasteiger partial charge is 1.00 e. The van der Waals surface area contributed by atoms with E-state index in [1.165, 1.54) is 44.9 Å². The van der Waals surface area contributed by atoms with Gasteiger partial charge >= 0.3 is 0 Å². The first-order chi connectivity index (χ1) is 10.3. The summed E-state index contributed by atoms with van der Waals surface area (Å²) < 4.78 is 0. The summed E-state index contributed by atoms with van der Waals surface area (Å²) in [5.41, 5.74) is 7.07. The molecule has 2 N–H and O–H groups in total. The fraction of sp³-hybridized carbons (Fsp3) is 0.611. The molecule has 0 heterocycles. The van der Waals surface area contributed by atoms with Crippen LogP contribution in [-0.4, -0.2) is 22.2 Å². The van der Waals surface area contributed by atoms with Gasteiger partial charge < -0.3 is 22.6 Å². The maximum Gasteiger partial charge on any atom is 0.300 e. The fourth-order valence-electron chi connectivity index (χ4n) is 3.51. The van der Waals surface area contributed by atoms with E-state index in [0.29, 0.717) is 0 Å². The molecular weight excluding hydrogens is 364 g/mol. The van der Waals surface area contributed by atoms with Crippen molar-refractivity contribution in [3.05, 3.63) is 28.7 Å². The van der Waals surface area contributed by atoms with Gasteiger partial charge in [-0.05, 0) is 25.2 Å². The van der Waals surface area contributed by atoms with Gasteiger partial charge in [-0.2, -0.15) is 5.57 Å². The molecule has 0 amide bonds. The predicted octanol–water partition coefficient (Wildman–Crippen LogP) is 1.37. The fourth-order valence-corrected chi connectivity index (χ4v) is 3.51. The zero-order valence-corrected chi connectivity index (χ0v) is 17.0. The number of hydrogen-bond acceptors (Lipinski definition) is 2. The Kier molecular flexibility index (Phi) is 13.4. The topological polar surface area (TPSA) is 74.6 Å². The molecule has 0 bridgehead atoms. The van der Waals surface area contributed by atoms with Crippen LogP contribution in [0.15, 0.2) is 22.3 Å². The molecule has 136 valence electrons. The number of carboxylic acids is 2. The van der Waals surface area contributed by atoms with Crippen molar-refractivity contribution in [1.29, 1.82) is 0 Å². The average molecular weight is 391 g/mol. The molecule has 6 heteroatoms. The SMILES string of the molecule is CC(=O)O.CC(=O)O.CC1C2=C(CCC[CH-]2)C2=C1CCCC2.[Cl-].[Ti]. The van der Waals surface area contributed by atoms with Crippen molar-refractivity contribution in [1.82, 2.24) is 0 Å². The molecule has 3 aliphatic carbocycles. The third-order valence-electron chi connectivity index (χ3n) is 4.21. The summed E-state index contributed by atoms with van der Waals surface area (Å²) in [5.74, 6) is -0.888. The minimum atomic E-state index is -0.833. The molecule has 0 saturated heterocycles. The van der Waals surface area contributed by atoms with Gasteiger partial charge in [0, 0.05) is 35.6 Å². The molecule has 0 radical (unpaired) electrons. The Morgan fingerprint density at radius 3 is 1.96 bits per heavy atom. The van der Waals surface area contributed by atoms with E-state index in [9.17, 15) is 0 Å². The van der Waals surface area contributed by atoms with Crippen LogP contribution in [0.4, 0.5) is 0 Å². The van der Waals surface area contributed by atoms with Crippen LogP contribution < -0.4 is 12.4 Å². The van der Waals surface area contributed by atoms with Gasteiger partial charge in [0.15, 0.2) is 0 Å². The second kappa shape index (κ2) is 12.6. The van der Waals surface area contributed by atoms with Crippen molar-refractivity contribution in [2.45, 2.75) is 65.7 Å². The van der Waals surface area contributed by atoms with Gasteiger partial charge in [-0.15, -0.1) is 12.0 Å². The van der Waals surface area contributed by atoms with Gasteiger partial charge in [-0.25, -0.2) is 12.0 Å². The summed E-state index contributed by atoms with van der Waals surface area (Å²) in [4.78, 5) is 18.0. The predicted molar refractivity (Wildman–Crippen MR) is 86.5 cm³/mol. The standard InChI is InChI=1S/C14H19.2C2H4O2.ClH.Ti/c1-10-11-6-2-4-8-13(11)14-9-5-3-7-12(10)14;2*1-2(3)4;;/h6,10H,2-5,7-9H2,1H3;2*1H3,(H,3,4);1H;/q-1;;;;/p-1. The number of allylic oxidation sites excluding steroid dienone is 4. The van der Waals surface area contributed by atoms with E-state index in [4.69, 9.17) is 19.8 Å². The number of carbonyl (C=O) groups is 2. The third-order valence-corrected chi connectivity index (χ3v) is 4.21. The van der Waals surface area contributed by atoms with Gasteiger partial charge in [0.2, 0.25) is 0 Å². The van der Waals surface area contributed by atoms with Crippen LogP contribution in [0.2, 0.25) is 0 Å². The maximum absolute atomic E-state index is 9.00. The van der Waals surface area contributed by atoms with Gasteiger partial charge in [0.05, 0.1) is 0 Å².